The molecular formula is C16H9ClO3. The van der Waals surface area contributed by atoms with Crippen LogP contribution in [0.4, 0.5) is 0 Å². The Bertz CT molecular complexity index is 775. The van der Waals surface area contributed by atoms with Crippen molar-refractivity contribution in [1.29, 1.82) is 0 Å². The van der Waals surface area contributed by atoms with Gasteiger partial charge in [-0.3, -0.25) is 9.59 Å². The molecule has 98 valence electrons. The first-order chi connectivity index (χ1) is 9.59. The molecule has 0 amide bonds. The maximum Gasteiger partial charge on any atom is 0.237 e. The minimum absolute atomic E-state index is 0.00352. The Labute approximate surface area is 120 Å². The SMILES string of the molecule is O=C1C(=O)c2ccccc2C(O)=C1c1cccc(Cl)c1. The van der Waals surface area contributed by atoms with Gasteiger partial charge >= 0.3 is 0 Å². The molecule has 0 saturated carbocycles. The molecule has 0 aliphatic heterocycles. The quantitative estimate of drug-likeness (QED) is 0.815. The molecule has 0 radical (unpaired) electrons. The van der Waals surface area contributed by atoms with Gasteiger partial charge in [-0.1, -0.05) is 48.0 Å². The third-order valence-electron chi connectivity index (χ3n) is 3.21. The number of rotatable bonds is 1. The molecule has 0 spiro atoms. The summed E-state index contributed by atoms with van der Waals surface area (Å²) in [6.45, 7) is 0. The Morgan fingerprint density at radius 3 is 2.25 bits per heavy atom. The topological polar surface area (TPSA) is 54.4 Å². The number of halogens is 1. The van der Waals surface area contributed by atoms with Crippen LogP contribution in [0.25, 0.3) is 11.3 Å². The standard InChI is InChI=1S/C16H9ClO3/c17-10-5-3-4-9(8-10)13-14(18)11-6-1-2-7-12(11)15(19)16(13)20/h1-8,18H. The minimum atomic E-state index is -0.719. The molecule has 0 fully saturated rings. The summed E-state index contributed by atoms with van der Waals surface area (Å²) in [4.78, 5) is 24.3. The Morgan fingerprint density at radius 1 is 0.850 bits per heavy atom. The van der Waals surface area contributed by atoms with E-state index in [9.17, 15) is 14.7 Å². The number of carbonyl (C=O) groups is 2. The number of benzene rings is 2. The highest BCUT2D eigenvalue weighted by molar-refractivity contribution is 6.62. The number of ketones is 2. The summed E-state index contributed by atoms with van der Waals surface area (Å²) in [5, 5.41) is 10.7. The Hall–Kier alpha value is -2.39. The molecular weight excluding hydrogens is 276 g/mol. The van der Waals surface area contributed by atoms with Gasteiger partial charge in [-0.15, -0.1) is 0 Å². The molecule has 0 atom stereocenters. The van der Waals surface area contributed by atoms with Gasteiger partial charge in [0.15, 0.2) is 0 Å². The maximum atomic E-state index is 12.2. The third-order valence-corrected chi connectivity index (χ3v) is 3.45. The van der Waals surface area contributed by atoms with Crippen molar-refractivity contribution in [3.8, 4) is 0 Å². The number of hydrogen-bond donors (Lipinski definition) is 1. The van der Waals surface area contributed by atoms with Gasteiger partial charge in [0.1, 0.15) is 5.76 Å². The molecule has 1 aliphatic carbocycles. The molecule has 4 heteroatoms. The molecule has 1 N–H and O–H groups in total. The van der Waals surface area contributed by atoms with Crippen molar-refractivity contribution in [2.75, 3.05) is 0 Å². The van der Waals surface area contributed by atoms with Gasteiger partial charge in [0.2, 0.25) is 11.6 Å². The molecule has 20 heavy (non-hydrogen) atoms. The predicted molar refractivity (Wildman–Crippen MR) is 76.7 cm³/mol. The van der Waals surface area contributed by atoms with Gasteiger partial charge in [0, 0.05) is 16.1 Å². The van der Waals surface area contributed by atoms with Gasteiger partial charge in [0.05, 0.1) is 5.57 Å². The average Bonchev–Trinajstić information content (AvgIpc) is 2.45. The zero-order valence-corrected chi connectivity index (χ0v) is 11.0. The number of fused-ring (bicyclic) bond motifs is 1. The van der Waals surface area contributed by atoms with E-state index in [2.05, 4.69) is 0 Å². The van der Waals surface area contributed by atoms with Crippen molar-refractivity contribution in [1.82, 2.24) is 0 Å². The molecule has 3 rings (SSSR count). The monoisotopic (exact) mass is 284 g/mol. The van der Waals surface area contributed by atoms with E-state index in [4.69, 9.17) is 11.6 Å². The normalized spacial score (nSPS) is 14.4. The molecule has 0 aromatic heterocycles. The van der Waals surface area contributed by atoms with Gasteiger partial charge < -0.3 is 5.11 Å². The van der Waals surface area contributed by atoms with E-state index >= 15 is 0 Å². The van der Waals surface area contributed by atoms with E-state index in [0.29, 0.717) is 16.1 Å². The van der Waals surface area contributed by atoms with Crippen molar-refractivity contribution in [2.45, 2.75) is 0 Å². The first-order valence-corrected chi connectivity index (χ1v) is 6.35. The Balaban J connectivity index is 2.30. The number of hydrogen-bond acceptors (Lipinski definition) is 3. The lowest BCUT2D eigenvalue weighted by Crippen LogP contribution is -2.23. The lowest BCUT2D eigenvalue weighted by Gasteiger charge is -2.17. The fourth-order valence-corrected chi connectivity index (χ4v) is 2.47. The van der Waals surface area contributed by atoms with Crippen LogP contribution in [0.3, 0.4) is 0 Å². The summed E-state index contributed by atoms with van der Waals surface area (Å²) in [5.74, 6) is -1.52. The Kier molecular flexibility index (Phi) is 2.92. The Morgan fingerprint density at radius 2 is 1.55 bits per heavy atom. The third kappa shape index (κ3) is 1.84. The summed E-state index contributed by atoms with van der Waals surface area (Å²) < 4.78 is 0. The van der Waals surface area contributed by atoms with Crippen LogP contribution in [0.2, 0.25) is 5.02 Å². The second kappa shape index (κ2) is 4.62. The summed E-state index contributed by atoms with van der Waals surface area (Å²) in [7, 11) is 0. The number of aliphatic hydroxyl groups excluding tert-OH is 1. The van der Waals surface area contributed by atoms with Crippen LogP contribution in [0, 0.1) is 0 Å². The summed E-state index contributed by atoms with van der Waals surface area (Å²) >= 11 is 5.90. The zero-order chi connectivity index (χ0) is 14.3. The van der Waals surface area contributed by atoms with Crippen LogP contribution in [-0.2, 0) is 4.79 Å². The molecule has 2 aromatic rings. The first kappa shape index (κ1) is 12.6. The second-order valence-corrected chi connectivity index (χ2v) is 4.87. The van der Waals surface area contributed by atoms with E-state index < -0.39 is 11.6 Å². The predicted octanol–water partition coefficient (Wildman–Crippen LogP) is 3.53. The molecule has 0 saturated heterocycles. The van der Waals surface area contributed by atoms with Crippen LogP contribution < -0.4 is 0 Å². The van der Waals surface area contributed by atoms with E-state index in [1.807, 2.05) is 0 Å². The van der Waals surface area contributed by atoms with Crippen molar-refractivity contribution in [3.05, 3.63) is 70.2 Å². The fraction of sp³-hybridized carbons (Fsp3) is 0. The highest BCUT2D eigenvalue weighted by atomic mass is 35.5. The molecule has 3 nitrogen and oxygen atoms in total. The zero-order valence-electron chi connectivity index (χ0n) is 10.3. The number of aliphatic hydroxyl groups is 1. The maximum absolute atomic E-state index is 12.2. The number of allylic oxidation sites excluding steroid dienone is 1. The van der Waals surface area contributed by atoms with E-state index in [0.717, 1.165) is 0 Å². The highest BCUT2D eigenvalue weighted by Crippen LogP contribution is 2.33. The fourth-order valence-electron chi connectivity index (χ4n) is 2.28. The highest BCUT2D eigenvalue weighted by Gasteiger charge is 2.33. The smallest absolute Gasteiger partial charge is 0.237 e. The van der Waals surface area contributed by atoms with Crippen LogP contribution in [0.5, 0.6) is 0 Å². The van der Waals surface area contributed by atoms with Gasteiger partial charge in [0.25, 0.3) is 0 Å². The summed E-state index contributed by atoms with van der Waals surface area (Å²) in [6, 6.07) is 13.0. The van der Waals surface area contributed by atoms with Crippen molar-refractivity contribution in [3.63, 3.8) is 0 Å². The number of carbonyl (C=O) groups excluding carboxylic acids is 2. The lowest BCUT2D eigenvalue weighted by atomic mass is 9.85. The summed E-state index contributed by atoms with van der Waals surface area (Å²) in [5.41, 5.74) is 1.02. The molecule has 2 aromatic carbocycles. The van der Waals surface area contributed by atoms with Crippen molar-refractivity contribution < 1.29 is 14.7 Å². The molecule has 1 aliphatic rings. The van der Waals surface area contributed by atoms with Crippen LogP contribution in [0.1, 0.15) is 21.5 Å². The van der Waals surface area contributed by atoms with E-state index in [-0.39, 0.29) is 16.9 Å². The second-order valence-electron chi connectivity index (χ2n) is 4.44. The largest absolute Gasteiger partial charge is 0.506 e. The summed E-state index contributed by atoms with van der Waals surface area (Å²) in [6.07, 6.45) is 0. The van der Waals surface area contributed by atoms with Crippen molar-refractivity contribution >= 4 is 34.5 Å². The van der Waals surface area contributed by atoms with Crippen molar-refractivity contribution in [2.24, 2.45) is 0 Å². The van der Waals surface area contributed by atoms with Gasteiger partial charge in [-0.25, -0.2) is 0 Å². The number of Topliss-reactive ketones (excluding diaryl/α,β-unsaturated/α-hetero) is 2. The van der Waals surface area contributed by atoms with Gasteiger partial charge in [-0.2, -0.15) is 0 Å². The molecule has 0 unspecified atom stereocenters. The van der Waals surface area contributed by atoms with Crippen LogP contribution >= 0.6 is 11.6 Å². The minimum Gasteiger partial charge on any atom is -0.506 e. The molecule has 0 heterocycles. The van der Waals surface area contributed by atoms with E-state index in [1.54, 1.807) is 42.5 Å². The average molecular weight is 285 g/mol. The van der Waals surface area contributed by atoms with Crippen LogP contribution in [0.15, 0.2) is 48.5 Å². The first-order valence-electron chi connectivity index (χ1n) is 5.97. The van der Waals surface area contributed by atoms with Crippen LogP contribution in [-0.4, -0.2) is 16.7 Å². The van der Waals surface area contributed by atoms with E-state index in [1.165, 1.54) is 6.07 Å². The van der Waals surface area contributed by atoms with Gasteiger partial charge in [-0.05, 0) is 17.7 Å². The lowest BCUT2D eigenvalue weighted by molar-refractivity contribution is -0.110. The molecule has 0 bridgehead atoms.